The van der Waals surface area contributed by atoms with Gasteiger partial charge in [0.05, 0.1) is 5.56 Å². The third-order valence-corrected chi connectivity index (χ3v) is 3.17. The van der Waals surface area contributed by atoms with Crippen molar-refractivity contribution in [2.45, 2.75) is 0 Å². The van der Waals surface area contributed by atoms with Gasteiger partial charge in [0.2, 0.25) is 0 Å². The van der Waals surface area contributed by atoms with Crippen molar-refractivity contribution in [3.05, 3.63) is 22.7 Å². The SMILES string of the molecule is N#Cc1cc(Cl)cc2nc(N3CCNCC3)oc12. The standard InChI is InChI=1S/C12H11ClN4O/c13-9-5-8(7-14)11-10(6-9)16-12(18-11)17-3-1-15-2-4-17/h5-6,15H,1-4H2. The van der Waals surface area contributed by atoms with Crippen LogP contribution >= 0.6 is 11.6 Å². The van der Waals surface area contributed by atoms with Crippen LogP contribution in [0.2, 0.25) is 5.02 Å². The highest BCUT2D eigenvalue weighted by atomic mass is 35.5. The minimum absolute atomic E-state index is 0.423. The van der Waals surface area contributed by atoms with Gasteiger partial charge >= 0.3 is 0 Å². The van der Waals surface area contributed by atoms with Crippen molar-refractivity contribution in [1.82, 2.24) is 10.3 Å². The molecule has 1 saturated heterocycles. The highest BCUT2D eigenvalue weighted by molar-refractivity contribution is 6.31. The second-order valence-electron chi connectivity index (χ2n) is 4.15. The van der Waals surface area contributed by atoms with Gasteiger partial charge in [-0.1, -0.05) is 11.6 Å². The van der Waals surface area contributed by atoms with Crippen molar-refractivity contribution in [3.8, 4) is 6.07 Å². The summed E-state index contributed by atoms with van der Waals surface area (Å²) in [5.41, 5.74) is 1.56. The fourth-order valence-electron chi connectivity index (χ4n) is 2.06. The summed E-state index contributed by atoms with van der Waals surface area (Å²) in [6, 6.07) is 5.95. The van der Waals surface area contributed by atoms with Crippen LogP contribution in [0.15, 0.2) is 16.5 Å². The molecule has 0 saturated carbocycles. The van der Waals surface area contributed by atoms with E-state index in [4.69, 9.17) is 21.3 Å². The van der Waals surface area contributed by atoms with Gasteiger partial charge in [0.15, 0.2) is 5.58 Å². The van der Waals surface area contributed by atoms with Crippen LogP contribution in [-0.4, -0.2) is 31.2 Å². The zero-order valence-electron chi connectivity index (χ0n) is 9.61. The minimum Gasteiger partial charge on any atom is -0.422 e. The van der Waals surface area contributed by atoms with Gasteiger partial charge in [-0.05, 0) is 12.1 Å². The van der Waals surface area contributed by atoms with Crippen LogP contribution in [0.5, 0.6) is 0 Å². The number of hydrogen-bond donors (Lipinski definition) is 1. The van der Waals surface area contributed by atoms with Gasteiger partial charge in [0, 0.05) is 31.2 Å². The number of aromatic nitrogens is 1. The third-order valence-electron chi connectivity index (χ3n) is 2.95. The lowest BCUT2D eigenvalue weighted by Crippen LogP contribution is -2.43. The number of benzene rings is 1. The Bertz CT molecular complexity index is 625. The molecule has 0 atom stereocenters. The van der Waals surface area contributed by atoms with Gasteiger partial charge in [-0.2, -0.15) is 10.2 Å². The van der Waals surface area contributed by atoms with Crippen LogP contribution in [-0.2, 0) is 0 Å². The molecule has 2 aromatic rings. The number of fused-ring (bicyclic) bond motifs is 1. The smallest absolute Gasteiger partial charge is 0.298 e. The maximum atomic E-state index is 9.06. The van der Waals surface area contributed by atoms with Gasteiger partial charge in [-0.15, -0.1) is 0 Å². The van der Waals surface area contributed by atoms with E-state index in [0.717, 1.165) is 26.2 Å². The highest BCUT2D eigenvalue weighted by Crippen LogP contribution is 2.27. The molecule has 1 fully saturated rings. The van der Waals surface area contributed by atoms with Crippen molar-refractivity contribution >= 4 is 28.7 Å². The molecular formula is C12H11ClN4O. The first kappa shape index (κ1) is 11.3. The molecule has 0 aliphatic carbocycles. The van der Waals surface area contributed by atoms with E-state index in [1.165, 1.54) is 0 Å². The number of nitrogens with zero attached hydrogens (tertiary/aromatic N) is 3. The molecule has 0 unspecified atom stereocenters. The average molecular weight is 263 g/mol. The number of rotatable bonds is 1. The van der Waals surface area contributed by atoms with Crippen LogP contribution in [0.3, 0.4) is 0 Å². The van der Waals surface area contributed by atoms with Crippen LogP contribution in [0.1, 0.15) is 5.56 Å². The average Bonchev–Trinajstić information content (AvgIpc) is 2.82. The molecule has 2 heterocycles. The fraction of sp³-hybridized carbons (Fsp3) is 0.333. The minimum atomic E-state index is 0.423. The van der Waals surface area contributed by atoms with Gasteiger partial charge in [-0.3, -0.25) is 0 Å². The lowest BCUT2D eigenvalue weighted by atomic mass is 10.2. The fourth-order valence-corrected chi connectivity index (χ4v) is 2.27. The maximum absolute atomic E-state index is 9.06. The van der Waals surface area contributed by atoms with Crippen molar-refractivity contribution in [2.24, 2.45) is 0 Å². The monoisotopic (exact) mass is 262 g/mol. The zero-order valence-corrected chi connectivity index (χ0v) is 10.4. The molecule has 0 bridgehead atoms. The molecule has 1 aliphatic rings. The first-order valence-electron chi connectivity index (χ1n) is 5.74. The Labute approximate surface area is 109 Å². The Morgan fingerprint density at radius 3 is 2.89 bits per heavy atom. The molecule has 0 radical (unpaired) electrons. The van der Waals surface area contributed by atoms with Crippen LogP contribution in [0.4, 0.5) is 6.01 Å². The third kappa shape index (κ3) is 1.90. The summed E-state index contributed by atoms with van der Waals surface area (Å²) in [6.07, 6.45) is 0. The summed E-state index contributed by atoms with van der Waals surface area (Å²) in [5, 5.41) is 12.8. The molecule has 1 N–H and O–H groups in total. The summed E-state index contributed by atoms with van der Waals surface area (Å²) in [6.45, 7) is 3.51. The molecule has 18 heavy (non-hydrogen) atoms. The van der Waals surface area contributed by atoms with Gasteiger partial charge in [-0.25, -0.2) is 0 Å². The van der Waals surface area contributed by atoms with Crippen molar-refractivity contribution in [1.29, 1.82) is 5.26 Å². The summed E-state index contributed by atoms with van der Waals surface area (Å²) in [5.74, 6) is 0. The number of halogens is 1. The van der Waals surface area contributed by atoms with E-state index in [-0.39, 0.29) is 0 Å². The van der Waals surface area contributed by atoms with Crippen molar-refractivity contribution in [3.63, 3.8) is 0 Å². The zero-order chi connectivity index (χ0) is 12.5. The number of oxazole rings is 1. The predicted octanol–water partition coefficient (Wildman–Crippen LogP) is 1.76. The van der Waals surface area contributed by atoms with E-state index in [1.54, 1.807) is 12.1 Å². The molecule has 0 amide bonds. The Hall–Kier alpha value is -1.77. The van der Waals surface area contributed by atoms with Gasteiger partial charge in [0.1, 0.15) is 11.6 Å². The molecule has 6 heteroatoms. The molecule has 1 aromatic carbocycles. The number of piperazine rings is 1. The van der Waals surface area contributed by atoms with Gasteiger partial charge in [0.25, 0.3) is 6.01 Å². The van der Waals surface area contributed by atoms with Crippen molar-refractivity contribution < 1.29 is 4.42 Å². The molecule has 5 nitrogen and oxygen atoms in total. The second kappa shape index (κ2) is 4.48. The summed E-state index contributed by atoms with van der Waals surface area (Å²) in [7, 11) is 0. The highest BCUT2D eigenvalue weighted by Gasteiger charge is 2.18. The second-order valence-corrected chi connectivity index (χ2v) is 4.58. The number of anilines is 1. The molecule has 1 aliphatic heterocycles. The Morgan fingerprint density at radius 1 is 1.39 bits per heavy atom. The van der Waals surface area contributed by atoms with Crippen LogP contribution in [0, 0.1) is 11.3 Å². The normalized spacial score (nSPS) is 15.9. The van der Waals surface area contributed by atoms with Crippen LogP contribution < -0.4 is 10.2 Å². The number of nitriles is 1. The lowest BCUT2D eigenvalue weighted by Gasteiger charge is -2.25. The molecular weight excluding hydrogens is 252 g/mol. The lowest BCUT2D eigenvalue weighted by molar-refractivity contribution is 0.517. The molecule has 0 spiro atoms. The Balaban J connectivity index is 2.07. The van der Waals surface area contributed by atoms with E-state index < -0.39 is 0 Å². The van der Waals surface area contributed by atoms with E-state index >= 15 is 0 Å². The van der Waals surface area contributed by atoms with Crippen LogP contribution in [0.25, 0.3) is 11.1 Å². The quantitative estimate of drug-likeness (QED) is 0.848. The number of nitrogens with one attached hydrogen (secondary N) is 1. The summed E-state index contributed by atoms with van der Waals surface area (Å²) >= 11 is 5.94. The largest absolute Gasteiger partial charge is 0.422 e. The van der Waals surface area contributed by atoms with Gasteiger partial charge < -0.3 is 14.6 Å². The maximum Gasteiger partial charge on any atom is 0.298 e. The summed E-state index contributed by atoms with van der Waals surface area (Å²) in [4.78, 5) is 6.46. The van der Waals surface area contributed by atoms with Crippen molar-refractivity contribution in [2.75, 3.05) is 31.1 Å². The van der Waals surface area contributed by atoms with E-state index in [9.17, 15) is 0 Å². The van der Waals surface area contributed by atoms with E-state index in [0.29, 0.717) is 27.7 Å². The first-order valence-corrected chi connectivity index (χ1v) is 6.11. The predicted molar refractivity (Wildman–Crippen MR) is 68.8 cm³/mol. The van der Waals surface area contributed by atoms with E-state index in [2.05, 4.69) is 21.3 Å². The molecule has 1 aromatic heterocycles. The number of hydrogen-bond acceptors (Lipinski definition) is 5. The Kier molecular flexibility index (Phi) is 2.82. The molecule has 3 rings (SSSR count). The van der Waals surface area contributed by atoms with E-state index in [1.807, 2.05) is 0 Å². The molecule has 92 valence electrons. The first-order chi connectivity index (χ1) is 8.78. The summed E-state index contributed by atoms with van der Waals surface area (Å²) < 4.78 is 5.69. The Morgan fingerprint density at radius 2 is 2.17 bits per heavy atom. The topological polar surface area (TPSA) is 65.1 Å².